The lowest BCUT2D eigenvalue weighted by atomic mass is 10.0. The van der Waals surface area contributed by atoms with Gasteiger partial charge in [-0.2, -0.15) is 0 Å². The average Bonchev–Trinajstić information content (AvgIpc) is 2.56. The smallest absolute Gasteiger partial charge is 0.307 e. The molecule has 1 heterocycles. The lowest BCUT2D eigenvalue weighted by Gasteiger charge is -2.15. The van der Waals surface area contributed by atoms with Crippen molar-refractivity contribution in [1.29, 1.82) is 0 Å². The Hall–Kier alpha value is -1.06. The number of rotatable bonds is 5. The highest BCUT2D eigenvalue weighted by Gasteiger charge is 2.28. The molecule has 15 heavy (non-hydrogen) atoms. The lowest BCUT2D eigenvalue weighted by Crippen LogP contribution is -2.28. The van der Waals surface area contributed by atoms with Gasteiger partial charge in [0, 0.05) is 19.5 Å². The number of esters is 1. The van der Waals surface area contributed by atoms with E-state index in [-0.39, 0.29) is 11.9 Å². The monoisotopic (exact) mass is 213 g/mol. The van der Waals surface area contributed by atoms with Crippen molar-refractivity contribution in [3.8, 4) is 0 Å². The largest absolute Gasteiger partial charge is 0.469 e. The van der Waals surface area contributed by atoms with Crippen LogP contribution in [0.15, 0.2) is 0 Å². The fourth-order valence-corrected chi connectivity index (χ4v) is 2.00. The average molecular weight is 213 g/mol. The Morgan fingerprint density at radius 3 is 2.93 bits per heavy atom. The van der Waals surface area contributed by atoms with Crippen molar-refractivity contribution in [2.75, 3.05) is 20.2 Å². The molecule has 1 aliphatic rings. The molecule has 4 nitrogen and oxygen atoms in total. The van der Waals surface area contributed by atoms with Crippen LogP contribution in [0.3, 0.4) is 0 Å². The van der Waals surface area contributed by atoms with Crippen LogP contribution in [0.2, 0.25) is 0 Å². The highest BCUT2D eigenvalue weighted by Crippen LogP contribution is 2.22. The normalized spacial score (nSPS) is 20.8. The second-order valence-corrected chi connectivity index (χ2v) is 4.02. The first kappa shape index (κ1) is 12.0. The molecule has 1 rings (SSSR count). The maximum absolute atomic E-state index is 11.5. The van der Waals surface area contributed by atoms with Gasteiger partial charge in [-0.05, 0) is 12.3 Å². The molecule has 0 aromatic carbocycles. The van der Waals surface area contributed by atoms with Crippen LogP contribution in [0, 0.1) is 5.92 Å². The highest BCUT2D eigenvalue weighted by atomic mass is 16.5. The van der Waals surface area contributed by atoms with Crippen molar-refractivity contribution >= 4 is 11.9 Å². The molecule has 0 saturated carbocycles. The topological polar surface area (TPSA) is 46.6 Å². The molecule has 86 valence electrons. The Morgan fingerprint density at radius 1 is 1.60 bits per heavy atom. The van der Waals surface area contributed by atoms with Gasteiger partial charge in [0.25, 0.3) is 0 Å². The fourth-order valence-electron chi connectivity index (χ4n) is 2.00. The molecule has 1 saturated heterocycles. The summed E-state index contributed by atoms with van der Waals surface area (Å²) < 4.78 is 4.54. The van der Waals surface area contributed by atoms with Crippen molar-refractivity contribution in [3.63, 3.8) is 0 Å². The predicted molar refractivity (Wildman–Crippen MR) is 56.2 cm³/mol. The molecular formula is C11H19NO3. The number of nitrogens with zero attached hydrogens (tertiary/aromatic N) is 1. The molecule has 0 aliphatic carbocycles. The second-order valence-electron chi connectivity index (χ2n) is 4.02. The molecule has 0 spiro atoms. The van der Waals surface area contributed by atoms with Gasteiger partial charge in [0.15, 0.2) is 0 Å². The quantitative estimate of drug-likeness (QED) is 0.645. The second kappa shape index (κ2) is 5.73. The van der Waals surface area contributed by atoms with E-state index in [0.717, 1.165) is 19.4 Å². The third-order valence-electron chi connectivity index (χ3n) is 2.81. The zero-order valence-electron chi connectivity index (χ0n) is 9.49. The number of methoxy groups -OCH3 is 1. The van der Waals surface area contributed by atoms with Crippen LogP contribution in [-0.4, -0.2) is 37.0 Å². The number of amides is 1. The summed E-state index contributed by atoms with van der Waals surface area (Å²) in [6, 6.07) is 0. The molecule has 4 heteroatoms. The molecule has 0 N–H and O–H groups in total. The van der Waals surface area contributed by atoms with E-state index in [1.54, 1.807) is 4.90 Å². The third-order valence-corrected chi connectivity index (χ3v) is 2.81. The summed E-state index contributed by atoms with van der Waals surface area (Å²) in [6.07, 6.45) is 3.17. The molecule has 0 bridgehead atoms. The van der Waals surface area contributed by atoms with E-state index in [9.17, 15) is 9.59 Å². The predicted octanol–water partition coefficient (Wildman–Crippen LogP) is 1.20. The summed E-state index contributed by atoms with van der Waals surface area (Å²) in [6.45, 7) is 3.44. The minimum Gasteiger partial charge on any atom is -0.469 e. The summed E-state index contributed by atoms with van der Waals surface area (Å²) in [4.78, 5) is 24.2. The maximum Gasteiger partial charge on any atom is 0.307 e. The summed E-state index contributed by atoms with van der Waals surface area (Å²) in [5.41, 5.74) is 0. The standard InChI is InChI=1S/C11H19NO3/c1-3-4-9-7-10(13)12(8-9)6-5-11(14)15-2/h9H,3-8H2,1-2H3. The van der Waals surface area contributed by atoms with Gasteiger partial charge in [-0.3, -0.25) is 9.59 Å². The molecular weight excluding hydrogens is 194 g/mol. The Bertz CT molecular complexity index is 240. The van der Waals surface area contributed by atoms with Crippen molar-refractivity contribution in [3.05, 3.63) is 0 Å². The van der Waals surface area contributed by atoms with Crippen molar-refractivity contribution in [2.24, 2.45) is 5.92 Å². The maximum atomic E-state index is 11.5. The van der Waals surface area contributed by atoms with Crippen molar-refractivity contribution in [1.82, 2.24) is 4.90 Å². The SMILES string of the molecule is CCCC1CC(=O)N(CCC(=O)OC)C1. The third kappa shape index (κ3) is 3.53. The highest BCUT2D eigenvalue weighted by molar-refractivity contribution is 5.79. The van der Waals surface area contributed by atoms with Gasteiger partial charge in [0.1, 0.15) is 0 Å². The van der Waals surface area contributed by atoms with Gasteiger partial charge >= 0.3 is 5.97 Å². The van der Waals surface area contributed by atoms with E-state index in [1.165, 1.54) is 7.11 Å². The minimum absolute atomic E-state index is 0.178. The number of carbonyl (C=O) groups excluding carboxylic acids is 2. The zero-order chi connectivity index (χ0) is 11.3. The van der Waals surface area contributed by atoms with Crippen LogP contribution in [0.25, 0.3) is 0 Å². The summed E-state index contributed by atoms with van der Waals surface area (Å²) in [5.74, 6) is 0.416. The molecule has 1 unspecified atom stereocenters. The number of hydrogen-bond acceptors (Lipinski definition) is 3. The lowest BCUT2D eigenvalue weighted by molar-refractivity contribution is -0.141. The summed E-state index contributed by atoms with van der Waals surface area (Å²) >= 11 is 0. The van der Waals surface area contributed by atoms with Crippen molar-refractivity contribution < 1.29 is 14.3 Å². The van der Waals surface area contributed by atoms with E-state index in [2.05, 4.69) is 11.7 Å². The van der Waals surface area contributed by atoms with Crippen LogP contribution in [0.1, 0.15) is 32.6 Å². The van der Waals surface area contributed by atoms with E-state index in [1.807, 2.05) is 0 Å². The van der Waals surface area contributed by atoms with E-state index < -0.39 is 0 Å². The molecule has 0 radical (unpaired) electrons. The van der Waals surface area contributed by atoms with Gasteiger partial charge in [0.05, 0.1) is 13.5 Å². The van der Waals surface area contributed by atoms with E-state index in [4.69, 9.17) is 0 Å². The van der Waals surface area contributed by atoms with Gasteiger partial charge < -0.3 is 9.64 Å². The van der Waals surface area contributed by atoms with Gasteiger partial charge in [-0.1, -0.05) is 13.3 Å². The summed E-state index contributed by atoms with van der Waals surface area (Å²) in [7, 11) is 1.37. The van der Waals surface area contributed by atoms with Crippen LogP contribution >= 0.6 is 0 Å². The van der Waals surface area contributed by atoms with Crippen LogP contribution in [-0.2, 0) is 14.3 Å². The van der Waals surface area contributed by atoms with Gasteiger partial charge in [0.2, 0.25) is 5.91 Å². The first-order valence-corrected chi connectivity index (χ1v) is 5.52. The number of likely N-dealkylation sites (tertiary alicyclic amines) is 1. The Labute approximate surface area is 90.6 Å². The number of ether oxygens (including phenoxy) is 1. The Morgan fingerprint density at radius 2 is 2.33 bits per heavy atom. The molecule has 1 atom stereocenters. The van der Waals surface area contributed by atoms with E-state index in [0.29, 0.717) is 25.3 Å². The van der Waals surface area contributed by atoms with Crippen LogP contribution in [0.4, 0.5) is 0 Å². The number of hydrogen-bond donors (Lipinski definition) is 0. The van der Waals surface area contributed by atoms with Crippen molar-refractivity contribution in [2.45, 2.75) is 32.6 Å². The van der Waals surface area contributed by atoms with Crippen LogP contribution in [0.5, 0.6) is 0 Å². The van der Waals surface area contributed by atoms with Gasteiger partial charge in [-0.25, -0.2) is 0 Å². The van der Waals surface area contributed by atoms with Crippen LogP contribution < -0.4 is 0 Å². The zero-order valence-corrected chi connectivity index (χ0v) is 9.49. The molecule has 1 amide bonds. The fraction of sp³-hybridized carbons (Fsp3) is 0.818. The molecule has 0 aromatic rings. The molecule has 0 aromatic heterocycles. The first-order chi connectivity index (χ1) is 7.17. The first-order valence-electron chi connectivity index (χ1n) is 5.52. The molecule has 1 fully saturated rings. The molecule has 1 aliphatic heterocycles. The van der Waals surface area contributed by atoms with Gasteiger partial charge in [-0.15, -0.1) is 0 Å². The number of carbonyl (C=O) groups is 2. The Kier molecular flexibility index (Phi) is 4.59. The minimum atomic E-state index is -0.248. The Balaban J connectivity index is 2.31. The van der Waals surface area contributed by atoms with E-state index >= 15 is 0 Å². The summed E-state index contributed by atoms with van der Waals surface area (Å²) in [5, 5.41) is 0.